The van der Waals surface area contributed by atoms with Crippen LogP contribution in [0.1, 0.15) is 53.0 Å². The van der Waals surface area contributed by atoms with Gasteiger partial charge in [0.25, 0.3) is 0 Å². The number of methoxy groups -OCH3 is 1. The largest absolute Gasteiger partial charge is 0.497 e. The third kappa shape index (κ3) is 5.58. The van der Waals surface area contributed by atoms with Gasteiger partial charge < -0.3 is 14.8 Å². The van der Waals surface area contributed by atoms with Gasteiger partial charge in [-0.2, -0.15) is 0 Å². The summed E-state index contributed by atoms with van der Waals surface area (Å²) in [5.41, 5.74) is 1.22. The molecule has 0 aromatic heterocycles. The zero-order chi connectivity index (χ0) is 15.9. The van der Waals surface area contributed by atoms with E-state index in [1.54, 1.807) is 7.11 Å². The highest BCUT2D eigenvalue weighted by Gasteiger charge is 2.20. The van der Waals surface area contributed by atoms with Gasteiger partial charge in [0.05, 0.1) is 7.11 Å². The van der Waals surface area contributed by atoms with Gasteiger partial charge in [-0.3, -0.25) is 0 Å². The summed E-state index contributed by atoms with van der Waals surface area (Å²) in [6.45, 7) is 12.7. The molecule has 21 heavy (non-hydrogen) atoms. The lowest BCUT2D eigenvalue weighted by atomic mass is 9.86. The monoisotopic (exact) mass is 293 g/mol. The van der Waals surface area contributed by atoms with Crippen molar-refractivity contribution in [2.75, 3.05) is 20.3 Å². The van der Waals surface area contributed by atoms with Crippen LogP contribution in [-0.4, -0.2) is 26.3 Å². The van der Waals surface area contributed by atoms with Gasteiger partial charge >= 0.3 is 0 Å². The van der Waals surface area contributed by atoms with Gasteiger partial charge in [-0.15, -0.1) is 0 Å². The molecule has 0 spiro atoms. The second-order valence-electron chi connectivity index (χ2n) is 6.48. The van der Waals surface area contributed by atoms with Crippen LogP contribution in [0.4, 0.5) is 0 Å². The van der Waals surface area contributed by atoms with E-state index in [-0.39, 0.29) is 5.41 Å². The SMILES string of the molecule is CCCNC(CC)COc1ccc(OC)cc1C(C)(C)C. The summed E-state index contributed by atoms with van der Waals surface area (Å²) in [5.74, 6) is 1.84. The highest BCUT2D eigenvalue weighted by atomic mass is 16.5. The molecule has 1 aromatic rings. The first-order valence-electron chi connectivity index (χ1n) is 7.97. The number of benzene rings is 1. The van der Waals surface area contributed by atoms with Crippen LogP contribution in [0, 0.1) is 0 Å². The van der Waals surface area contributed by atoms with Crippen molar-refractivity contribution in [2.24, 2.45) is 0 Å². The predicted octanol–water partition coefficient (Wildman–Crippen LogP) is 4.15. The van der Waals surface area contributed by atoms with Crippen LogP contribution in [-0.2, 0) is 5.41 Å². The van der Waals surface area contributed by atoms with Crippen molar-refractivity contribution in [3.8, 4) is 11.5 Å². The molecule has 120 valence electrons. The third-order valence-corrected chi connectivity index (χ3v) is 3.61. The minimum atomic E-state index is 0.0302. The molecule has 1 atom stereocenters. The number of nitrogens with one attached hydrogen (secondary N) is 1. The lowest BCUT2D eigenvalue weighted by molar-refractivity contribution is 0.255. The van der Waals surface area contributed by atoms with Gasteiger partial charge in [-0.1, -0.05) is 34.6 Å². The topological polar surface area (TPSA) is 30.5 Å². The smallest absolute Gasteiger partial charge is 0.123 e. The molecular formula is C18H31NO2. The summed E-state index contributed by atoms with van der Waals surface area (Å²) < 4.78 is 11.4. The lowest BCUT2D eigenvalue weighted by Gasteiger charge is -2.25. The maximum absolute atomic E-state index is 6.10. The Bertz CT molecular complexity index is 424. The van der Waals surface area contributed by atoms with E-state index >= 15 is 0 Å². The first-order valence-corrected chi connectivity index (χ1v) is 7.97. The number of hydrogen-bond acceptors (Lipinski definition) is 3. The summed E-state index contributed by atoms with van der Waals surface area (Å²) >= 11 is 0. The molecule has 1 aromatic carbocycles. The number of rotatable bonds is 8. The van der Waals surface area contributed by atoms with Gasteiger partial charge in [0.1, 0.15) is 18.1 Å². The molecular weight excluding hydrogens is 262 g/mol. The van der Waals surface area contributed by atoms with Crippen LogP contribution in [0.5, 0.6) is 11.5 Å². The Morgan fingerprint density at radius 3 is 2.43 bits per heavy atom. The minimum absolute atomic E-state index is 0.0302. The Balaban J connectivity index is 2.82. The Labute approximate surface area is 130 Å². The first-order chi connectivity index (χ1) is 9.92. The molecule has 0 aliphatic carbocycles. The van der Waals surface area contributed by atoms with Gasteiger partial charge in [-0.25, -0.2) is 0 Å². The van der Waals surface area contributed by atoms with Crippen molar-refractivity contribution >= 4 is 0 Å². The van der Waals surface area contributed by atoms with E-state index in [1.807, 2.05) is 12.1 Å². The molecule has 0 aliphatic rings. The summed E-state index contributed by atoms with van der Waals surface area (Å²) in [4.78, 5) is 0. The van der Waals surface area contributed by atoms with Crippen molar-refractivity contribution in [1.29, 1.82) is 0 Å². The van der Waals surface area contributed by atoms with Gasteiger partial charge in [0.15, 0.2) is 0 Å². The van der Waals surface area contributed by atoms with E-state index in [2.05, 4.69) is 46.0 Å². The van der Waals surface area contributed by atoms with Crippen molar-refractivity contribution in [3.63, 3.8) is 0 Å². The molecule has 0 radical (unpaired) electrons. The molecule has 0 aliphatic heterocycles. The summed E-state index contributed by atoms with van der Waals surface area (Å²) in [6.07, 6.45) is 2.22. The van der Waals surface area contributed by atoms with Crippen molar-refractivity contribution < 1.29 is 9.47 Å². The molecule has 0 saturated heterocycles. The zero-order valence-corrected chi connectivity index (χ0v) is 14.5. The van der Waals surface area contributed by atoms with Crippen molar-refractivity contribution in [1.82, 2.24) is 5.32 Å². The van der Waals surface area contributed by atoms with Crippen LogP contribution >= 0.6 is 0 Å². The van der Waals surface area contributed by atoms with Crippen LogP contribution in [0.3, 0.4) is 0 Å². The Morgan fingerprint density at radius 1 is 1.19 bits per heavy atom. The molecule has 3 heteroatoms. The molecule has 0 amide bonds. The lowest BCUT2D eigenvalue weighted by Crippen LogP contribution is -2.34. The highest BCUT2D eigenvalue weighted by molar-refractivity contribution is 5.44. The molecule has 1 N–H and O–H groups in total. The van der Waals surface area contributed by atoms with E-state index < -0.39 is 0 Å². The summed E-state index contributed by atoms with van der Waals surface area (Å²) in [7, 11) is 1.70. The quantitative estimate of drug-likeness (QED) is 0.781. The highest BCUT2D eigenvalue weighted by Crippen LogP contribution is 2.34. The van der Waals surface area contributed by atoms with Gasteiger partial charge in [-0.05, 0) is 43.0 Å². The van der Waals surface area contributed by atoms with E-state index in [4.69, 9.17) is 9.47 Å². The number of ether oxygens (including phenoxy) is 2. The molecule has 0 fully saturated rings. The van der Waals surface area contributed by atoms with Crippen molar-refractivity contribution in [2.45, 2.75) is 58.9 Å². The van der Waals surface area contributed by atoms with Gasteiger partial charge in [0, 0.05) is 11.6 Å². The average molecular weight is 293 g/mol. The van der Waals surface area contributed by atoms with Crippen molar-refractivity contribution in [3.05, 3.63) is 23.8 Å². The molecule has 0 heterocycles. The van der Waals surface area contributed by atoms with Gasteiger partial charge in [0.2, 0.25) is 0 Å². The van der Waals surface area contributed by atoms with E-state index in [9.17, 15) is 0 Å². The normalized spacial score (nSPS) is 13.0. The molecule has 1 rings (SSSR count). The Hall–Kier alpha value is -1.22. The van der Waals surface area contributed by atoms with E-state index in [0.717, 1.165) is 30.9 Å². The standard InChI is InChI=1S/C18H31NO2/c1-7-11-19-14(8-2)13-21-17-10-9-15(20-6)12-16(17)18(3,4)5/h9-10,12,14,19H,7-8,11,13H2,1-6H3. The molecule has 0 saturated carbocycles. The maximum Gasteiger partial charge on any atom is 0.123 e. The van der Waals surface area contributed by atoms with Crippen LogP contribution in [0.25, 0.3) is 0 Å². The fourth-order valence-corrected chi connectivity index (χ4v) is 2.21. The predicted molar refractivity (Wildman–Crippen MR) is 89.6 cm³/mol. The second-order valence-corrected chi connectivity index (χ2v) is 6.48. The number of hydrogen-bond donors (Lipinski definition) is 1. The average Bonchev–Trinajstić information content (AvgIpc) is 2.46. The molecule has 3 nitrogen and oxygen atoms in total. The molecule has 1 unspecified atom stereocenters. The van der Waals surface area contributed by atoms with Crippen LogP contribution < -0.4 is 14.8 Å². The van der Waals surface area contributed by atoms with Crippen LogP contribution in [0.2, 0.25) is 0 Å². The summed E-state index contributed by atoms with van der Waals surface area (Å²) in [5, 5.41) is 3.52. The Morgan fingerprint density at radius 2 is 1.90 bits per heavy atom. The minimum Gasteiger partial charge on any atom is -0.497 e. The Kier molecular flexibility index (Phi) is 7.03. The summed E-state index contributed by atoms with van der Waals surface area (Å²) in [6, 6.07) is 6.46. The second kappa shape index (κ2) is 8.28. The van der Waals surface area contributed by atoms with E-state index in [0.29, 0.717) is 12.6 Å². The fraction of sp³-hybridized carbons (Fsp3) is 0.667. The first kappa shape index (κ1) is 17.8. The zero-order valence-electron chi connectivity index (χ0n) is 14.5. The van der Waals surface area contributed by atoms with Crippen LogP contribution in [0.15, 0.2) is 18.2 Å². The third-order valence-electron chi connectivity index (χ3n) is 3.61. The molecule has 0 bridgehead atoms. The maximum atomic E-state index is 6.10. The fourth-order valence-electron chi connectivity index (χ4n) is 2.21. The van der Waals surface area contributed by atoms with E-state index in [1.165, 1.54) is 5.56 Å².